The van der Waals surface area contributed by atoms with Gasteiger partial charge in [-0.25, -0.2) is 9.37 Å². The van der Waals surface area contributed by atoms with Gasteiger partial charge in [-0.2, -0.15) is 0 Å². The lowest BCUT2D eigenvalue weighted by atomic mass is 10.2. The summed E-state index contributed by atoms with van der Waals surface area (Å²) in [7, 11) is 4.09. The number of hydrogen-bond acceptors (Lipinski definition) is 4. The first kappa shape index (κ1) is 17.9. The Morgan fingerprint density at radius 2 is 1.92 bits per heavy atom. The molecule has 5 nitrogen and oxygen atoms in total. The fourth-order valence-electron chi connectivity index (χ4n) is 2.14. The molecule has 1 aromatic carbocycles. The van der Waals surface area contributed by atoms with Crippen molar-refractivity contribution >= 4 is 11.6 Å². The zero-order chi connectivity index (χ0) is 17.4. The second-order valence-electron chi connectivity index (χ2n) is 5.82. The molecule has 1 heterocycles. The standard InChI is InChI=1S/C18H23FN4O/c1-23(2)11-3-10-20-16-8-9-17(21-13-16)18(24)22-12-14-4-6-15(19)7-5-14/h4-9,13,20H,3,10-12H2,1-2H3,(H,22,24). The minimum atomic E-state index is -0.291. The molecule has 0 saturated carbocycles. The zero-order valence-electron chi connectivity index (χ0n) is 14.1. The summed E-state index contributed by atoms with van der Waals surface area (Å²) >= 11 is 0. The van der Waals surface area contributed by atoms with E-state index < -0.39 is 0 Å². The number of anilines is 1. The van der Waals surface area contributed by atoms with Crippen LogP contribution in [0.2, 0.25) is 0 Å². The second kappa shape index (κ2) is 8.98. The first-order valence-electron chi connectivity index (χ1n) is 7.92. The highest BCUT2D eigenvalue weighted by atomic mass is 19.1. The van der Waals surface area contributed by atoms with Crippen LogP contribution in [-0.2, 0) is 6.54 Å². The van der Waals surface area contributed by atoms with E-state index in [1.165, 1.54) is 12.1 Å². The molecule has 2 aromatic rings. The van der Waals surface area contributed by atoms with E-state index in [9.17, 15) is 9.18 Å². The van der Waals surface area contributed by atoms with Crippen molar-refractivity contribution in [2.45, 2.75) is 13.0 Å². The van der Waals surface area contributed by atoms with Crippen LogP contribution in [0.15, 0.2) is 42.6 Å². The number of nitrogens with one attached hydrogen (secondary N) is 2. The molecule has 0 fully saturated rings. The molecule has 6 heteroatoms. The lowest BCUT2D eigenvalue weighted by Crippen LogP contribution is -2.23. The summed E-state index contributed by atoms with van der Waals surface area (Å²) in [5.41, 5.74) is 2.09. The molecule has 1 amide bonds. The van der Waals surface area contributed by atoms with Gasteiger partial charge in [-0.15, -0.1) is 0 Å². The van der Waals surface area contributed by atoms with Crippen LogP contribution < -0.4 is 10.6 Å². The molecule has 0 aliphatic carbocycles. The summed E-state index contributed by atoms with van der Waals surface area (Å²) in [6.07, 6.45) is 2.69. The fourth-order valence-corrected chi connectivity index (χ4v) is 2.14. The van der Waals surface area contributed by atoms with Gasteiger partial charge in [-0.1, -0.05) is 12.1 Å². The Morgan fingerprint density at radius 1 is 1.17 bits per heavy atom. The van der Waals surface area contributed by atoms with Crippen LogP contribution in [0.3, 0.4) is 0 Å². The van der Waals surface area contributed by atoms with E-state index >= 15 is 0 Å². The van der Waals surface area contributed by atoms with Crippen LogP contribution >= 0.6 is 0 Å². The van der Waals surface area contributed by atoms with Crippen molar-refractivity contribution in [2.24, 2.45) is 0 Å². The Morgan fingerprint density at radius 3 is 2.54 bits per heavy atom. The summed E-state index contributed by atoms with van der Waals surface area (Å²) in [6, 6.07) is 9.56. The largest absolute Gasteiger partial charge is 0.384 e. The SMILES string of the molecule is CN(C)CCCNc1ccc(C(=O)NCc2ccc(F)cc2)nc1. The maximum Gasteiger partial charge on any atom is 0.270 e. The molecule has 0 radical (unpaired) electrons. The molecule has 1 aromatic heterocycles. The first-order valence-corrected chi connectivity index (χ1v) is 7.92. The molecule has 0 aliphatic rings. The summed E-state index contributed by atoms with van der Waals surface area (Å²) in [5, 5.41) is 6.04. The Balaban J connectivity index is 1.79. The second-order valence-corrected chi connectivity index (χ2v) is 5.82. The number of pyridine rings is 1. The van der Waals surface area contributed by atoms with Crippen LogP contribution in [0.1, 0.15) is 22.5 Å². The predicted octanol–water partition coefficient (Wildman–Crippen LogP) is 2.51. The number of aromatic nitrogens is 1. The lowest BCUT2D eigenvalue weighted by Gasteiger charge is -2.10. The number of hydrogen-bond donors (Lipinski definition) is 2. The first-order chi connectivity index (χ1) is 11.5. The van der Waals surface area contributed by atoms with Crippen molar-refractivity contribution in [1.82, 2.24) is 15.2 Å². The van der Waals surface area contributed by atoms with Crippen molar-refractivity contribution in [3.05, 3.63) is 59.7 Å². The van der Waals surface area contributed by atoms with Gasteiger partial charge in [0, 0.05) is 13.1 Å². The van der Waals surface area contributed by atoms with Crippen molar-refractivity contribution in [1.29, 1.82) is 0 Å². The van der Waals surface area contributed by atoms with Crippen LogP contribution in [0.25, 0.3) is 0 Å². The highest BCUT2D eigenvalue weighted by Crippen LogP contribution is 2.07. The Kier molecular flexibility index (Phi) is 6.69. The van der Waals surface area contributed by atoms with Crippen molar-refractivity contribution in [2.75, 3.05) is 32.5 Å². The van der Waals surface area contributed by atoms with Gasteiger partial charge in [0.15, 0.2) is 0 Å². The number of benzene rings is 1. The highest BCUT2D eigenvalue weighted by Gasteiger charge is 2.07. The topological polar surface area (TPSA) is 57.3 Å². The van der Waals surface area contributed by atoms with Gasteiger partial charge < -0.3 is 15.5 Å². The molecule has 128 valence electrons. The van der Waals surface area contributed by atoms with Gasteiger partial charge >= 0.3 is 0 Å². The molecule has 24 heavy (non-hydrogen) atoms. The molecule has 2 N–H and O–H groups in total. The molecule has 0 spiro atoms. The Labute approximate surface area is 141 Å². The fraction of sp³-hybridized carbons (Fsp3) is 0.333. The third-order valence-corrected chi connectivity index (χ3v) is 3.47. The third kappa shape index (κ3) is 5.96. The van der Waals surface area contributed by atoms with Gasteiger partial charge in [0.1, 0.15) is 11.5 Å². The number of rotatable bonds is 8. The van der Waals surface area contributed by atoms with Crippen LogP contribution in [0.4, 0.5) is 10.1 Å². The summed E-state index contributed by atoms with van der Waals surface area (Å²) in [6.45, 7) is 2.21. The number of carbonyl (C=O) groups is 1. The summed E-state index contributed by atoms with van der Waals surface area (Å²) in [5.74, 6) is -0.543. The van der Waals surface area contributed by atoms with Crippen LogP contribution in [0.5, 0.6) is 0 Å². The average Bonchev–Trinajstić information content (AvgIpc) is 2.58. The van der Waals surface area contributed by atoms with Gasteiger partial charge in [-0.05, 0) is 56.9 Å². The van der Waals surface area contributed by atoms with E-state index in [2.05, 4.69) is 20.5 Å². The highest BCUT2D eigenvalue weighted by molar-refractivity contribution is 5.92. The zero-order valence-corrected chi connectivity index (χ0v) is 14.1. The minimum Gasteiger partial charge on any atom is -0.384 e. The van der Waals surface area contributed by atoms with E-state index in [1.54, 1.807) is 24.4 Å². The van der Waals surface area contributed by atoms with E-state index in [1.807, 2.05) is 20.2 Å². The monoisotopic (exact) mass is 330 g/mol. The summed E-state index contributed by atoms with van der Waals surface area (Å²) < 4.78 is 12.8. The van der Waals surface area contributed by atoms with Gasteiger partial charge in [-0.3, -0.25) is 4.79 Å². The molecule has 0 aliphatic heterocycles. The van der Waals surface area contributed by atoms with Crippen LogP contribution in [0, 0.1) is 5.82 Å². The molecule has 0 saturated heterocycles. The Bertz CT molecular complexity index is 641. The van der Waals surface area contributed by atoms with Crippen molar-refractivity contribution in [3.63, 3.8) is 0 Å². The van der Waals surface area contributed by atoms with E-state index in [0.717, 1.165) is 30.8 Å². The van der Waals surface area contributed by atoms with Crippen molar-refractivity contribution in [3.8, 4) is 0 Å². The van der Waals surface area contributed by atoms with Gasteiger partial charge in [0.05, 0.1) is 11.9 Å². The molecular formula is C18H23FN4O. The number of carbonyl (C=O) groups excluding carboxylic acids is 1. The van der Waals surface area contributed by atoms with E-state index in [4.69, 9.17) is 0 Å². The number of amides is 1. The maximum atomic E-state index is 12.8. The third-order valence-electron chi connectivity index (χ3n) is 3.47. The predicted molar refractivity (Wildman–Crippen MR) is 93.5 cm³/mol. The lowest BCUT2D eigenvalue weighted by molar-refractivity contribution is 0.0946. The van der Waals surface area contributed by atoms with Gasteiger partial charge in [0.2, 0.25) is 0 Å². The van der Waals surface area contributed by atoms with E-state index in [-0.39, 0.29) is 11.7 Å². The molecular weight excluding hydrogens is 307 g/mol. The molecule has 0 bridgehead atoms. The maximum absolute atomic E-state index is 12.8. The minimum absolute atomic E-state index is 0.251. The van der Waals surface area contributed by atoms with Gasteiger partial charge in [0.25, 0.3) is 5.91 Å². The Hall–Kier alpha value is -2.47. The molecule has 2 rings (SSSR count). The number of nitrogens with zero attached hydrogens (tertiary/aromatic N) is 2. The number of halogens is 1. The molecule has 0 unspecified atom stereocenters. The summed E-state index contributed by atoms with van der Waals surface area (Å²) in [4.78, 5) is 18.4. The smallest absolute Gasteiger partial charge is 0.270 e. The quantitative estimate of drug-likeness (QED) is 0.730. The molecule has 0 atom stereocenters. The average molecular weight is 330 g/mol. The van der Waals surface area contributed by atoms with E-state index in [0.29, 0.717) is 12.2 Å². The normalized spacial score (nSPS) is 10.7. The van der Waals surface area contributed by atoms with Crippen LogP contribution in [-0.4, -0.2) is 43.0 Å². The van der Waals surface area contributed by atoms with Crippen molar-refractivity contribution < 1.29 is 9.18 Å².